The number of ether oxygens (including phenoxy) is 1. The molecule has 150 valence electrons. The molecule has 1 saturated heterocycles. The van der Waals surface area contributed by atoms with Gasteiger partial charge in [0.05, 0.1) is 10.7 Å². The van der Waals surface area contributed by atoms with Gasteiger partial charge in [-0.1, -0.05) is 35.3 Å². The largest absolute Gasteiger partial charge is 0.492 e. The van der Waals surface area contributed by atoms with Gasteiger partial charge in [-0.25, -0.2) is 0 Å². The third kappa shape index (κ3) is 6.67. The predicted octanol–water partition coefficient (Wildman–Crippen LogP) is 4.02. The molecule has 2 aromatic rings. The summed E-state index contributed by atoms with van der Waals surface area (Å²) in [4.78, 5) is 16.8. The zero-order valence-electron chi connectivity index (χ0n) is 15.7. The van der Waals surface area contributed by atoms with Crippen molar-refractivity contribution in [2.24, 2.45) is 0 Å². The van der Waals surface area contributed by atoms with Crippen LogP contribution in [0, 0.1) is 0 Å². The lowest BCUT2D eigenvalue weighted by molar-refractivity contribution is -0.116. The second-order valence-corrected chi connectivity index (χ2v) is 7.61. The van der Waals surface area contributed by atoms with E-state index >= 15 is 0 Å². The van der Waals surface area contributed by atoms with Crippen LogP contribution in [0.4, 0.5) is 5.69 Å². The maximum atomic E-state index is 12.1. The number of piperazine rings is 1. The van der Waals surface area contributed by atoms with Crippen LogP contribution in [-0.2, 0) is 4.79 Å². The first kappa shape index (κ1) is 20.9. The molecule has 0 saturated carbocycles. The summed E-state index contributed by atoms with van der Waals surface area (Å²) in [5.41, 5.74) is 0.666. The number of anilines is 1. The van der Waals surface area contributed by atoms with Crippen molar-refractivity contribution in [2.75, 3.05) is 51.2 Å². The van der Waals surface area contributed by atoms with E-state index in [-0.39, 0.29) is 5.91 Å². The monoisotopic (exact) mass is 421 g/mol. The summed E-state index contributed by atoms with van der Waals surface area (Å²) in [6, 6.07) is 14.7. The van der Waals surface area contributed by atoms with E-state index in [0.29, 0.717) is 28.8 Å². The number of rotatable bonds is 8. The number of benzene rings is 2. The fraction of sp³-hybridized carbons (Fsp3) is 0.381. The summed E-state index contributed by atoms with van der Waals surface area (Å²) in [6.07, 6.45) is 0.463. The molecule has 1 aliphatic rings. The molecule has 5 nitrogen and oxygen atoms in total. The van der Waals surface area contributed by atoms with Crippen LogP contribution < -0.4 is 10.1 Å². The molecule has 0 unspecified atom stereocenters. The third-order valence-electron chi connectivity index (χ3n) is 4.76. The lowest BCUT2D eigenvalue weighted by atomic mass is 10.2. The minimum atomic E-state index is -0.00751. The maximum absolute atomic E-state index is 12.1. The highest BCUT2D eigenvalue weighted by Gasteiger charge is 2.17. The number of amides is 1. The van der Waals surface area contributed by atoms with Gasteiger partial charge in [-0.15, -0.1) is 0 Å². The molecule has 1 fully saturated rings. The SMILES string of the molecule is O=C(CCN1CCN(CCOc2ccc(Cl)cc2)CC1)Nc1ccccc1Cl. The number of nitrogens with zero attached hydrogens (tertiary/aromatic N) is 2. The molecule has 2 aromatic carbocycles. The average Bonchev–Trinajstić information content (AvgIpc) is 2.71. The molecule has 0 spiro atoms. The molecule has 0 radical (unpaired) electrons. The van der Waals surface area contributed by atoms with Crippen molar-refractivity contribution in [3.63, 3.8) is 0 Å². The molecule has 7 heteroatoms. The lowest BCUT2D eigenvalue weighted by Crippen LogP contribution is -2.48. The first-order chi connectivity index (χ1) is 13.6. The van der Waals surface area contributed by atoms with Gasteiger partial charge in [0.2, 0.25) is 5.91 Å². The van der Waals surface area contributed by atoms with Gasteiger partial charge in [-0.3, -0.25) is 9.69 Å². The maximum Gasteiger partial charge on any atom is 0.225 e. The van der Waals surface area contributed by atoms with Crippen LogP contribution in [0.15, 0.2) is 48.5 Å². The average molecular weight is 422 g/mol. The minimum Gasteiger partial charge on any atom is -0.492 e. The zero-order valence-corrected chi connectivity index (χ0v) is 17.3. The van der Waals surface area contributed by atoms with Crippen LogP contribution in [0.25, 0.3) is 0 Å². The molecular weight excluding hydrogens is 397 g/mol. The first-order valence-corrected chi connectivity index (χ1v) is 10.2. The smallest absolute Gasteiger partial charge is 0.225 e. The zero-order chi connectivity index (χ0) is 19.8. The Morgan fingerprint density at radius 2 is 1.57 bits per heavy atom. The van der Waals surface area contributed by atoms with Gasteiger partial charge in [0, 0.05) is 50.7 Å². The van der Waals surface area contributed by atoms with Crippen molar-refractivity contribution in [3.8, 4) is 5.75 Å². The molecule has 0 aromatic heterocycles. The normalized spacial score (nSPS) is 15.4. The molecule has 3 rings (SSSR count). The lowest BCUT2D eigenvalue weighted by Gasteiger charge is -2.34. The van der Waals surface area contributed by atoms with Crippen LogP contribution in [-0.4, -0.2) is 61.6 Å². The standard InChI is InChI=1S/C21H25Cl2N3O2/c22-17-5-7-18(8-6-17)28-16-15-26-13-11-25(12-14-26)10-9-21(27)24-20-4-2-1-3-19(20)23/h1-8H,9-16H2,(H,24,27). The van der Waals surface area contributed by atoms with Crippen molar-refractivity contribution in [3.05, 3.63) is 58.6 Å². The van der Waals surface area contributed by atoms with Crippen LogP contribution in [0.2, 0.25) is 10.0 Å². The molecule has 1 heterocycles. The number of carbonyl (C=O) groups is 1. The van der Waals surface area contributed by atoms with E-state index in [1.54, 1.807) is 6.07 Å². The topological polar surface area (TPSA) is 44.8 Å². The van der Waals surface area contributed by atoms with E-state index < -0.39 is 0 Å². The van der Waals surface area contributed by atoms with Crippen molar-refractivity contribution < 1.29 is 9.53 Å². The Morgan fingerprint density at radius 3 is 2.25 bits per heavy atom. The molecule has 0 aliphatic carbocycles. The number of hydrogen-bond acceptors (Lipinski definition) is 4. The molecule has 0 bridgehead atoms. The predicted molar refractivity (Wildman–Crippen MR) is 115 cm³/mol. The Labute approximate surface area is 176 Å². The van der Waals surface area contributed by atoms with E-state index in [4.69, 9.17) is 27.9 Å². The second kappa shape index (κ2) is 10.7. The number of nitrogens with one attached hydrogen (secondary N) is 1. The number of halogens is 2. The van der Waals surface area contributed by atoms with Crippen LogP contribution in [0.5, 0.6) is 5.75 Å². The van der Waals surface area contributed by atoms with Crippen LogP contribution >= 0.6 is 23.2 Å². The first-order valence-electron chi connectivity index (χ1n) is 9.47. The third-order valence-corrected chi connectivity index (χ3v) is 5.34. The highest BCUT2D eigenvalue weighted by atomic mass is 35.5. The van der Waals surface area contributed by atoms with Gasteiger partial charge in [-0.2, -0.15) is 0 Å². The molecule has 1 N–H and O–H groups in total. The Hall–Kier alpha value is -1.79. The fourth-order valence-corrected chi connectivity index (χ4v) is 3.40. The van der Waals surface area contributed by atoms with E-state index in [1.807, 2.05) is 42.5 Å². The molecule has 1 amide bonds. The van der Waals surface area contributed by atoms with Crippen molar-refractivity contribution in [1.29, 1.82) is 0 Å². The fourth-order valence-electron chi connectivity index (χ4n) is 3.09. The Morgan fingerprint density at radius 1 is 0.929 bits per heavy atom. The van der Waals surface area contributed by atoms with E-state index in [0.717, 1.165) is 45.0 Å². The molecule has 0 atom stereocenters. The van der Waals surface area contributed by atoms with Crippen LogP contribution in [0.3, 0.4) is 0 Å². The number of hydrogen-bond donors (Lipinski definition) is 1. The Bertz CT molecular complexity index is 763. The summed E-state index contributed by atoms with van der Waals surface area (Å²) in [5, 5.41) is 4.15. The molecule has 28 heavy (non-hydrogen) atoms. The molecular formula is C21H25Cl2N3O2. The van der Waals surface area contributed by atoms with Gasteiger partial charge < -0.3 is 15.0 Å². The van der Waals surface area contributed by atoms with Crippen molar-refractivity contribution in [2.45, 2.75) is 6.42 Å². The number of para-hydroxylation sites is 1. The highest BCUT2D eigenvalue weighted by Crippen LogP contribution is 2.20. The highest BCUT2D eigenvalue weighted by molar-refractivity contribution is 6.33. The van der Waals surface area contributed by atoms with Crippen molar-refractivity contribution >= 4 is 34.8 Å². The van der Waals surface area contributed by atoms with Gasteiger partial charge >= 0.3 is 0 Å². The van der Waals surface area contributed by atoms with E-state index in [9.17, 15) is 4.79 Å². The van der Waals surface area contributed by atoms with Crippen molar-refractivity contribution in [1.82, 2.24) is 9.80 Å². The van der Waals surface area contributed by atoms with Crippen LogP contribution in [0.1, 0.15) is 6.42 Å². The summed E-state index contributed by atoms with van der Waals surface area (Å²) in [5.74, 6) is 0.833. The summed E-state index contributed by atoms with van der Waals surface area (Å²) in [7, 11) is 0. The second-order valence-electron chi connectivity index (χ2n) is 6.76. The van der Waals surface area contributed by atoms with E-state index in [1.165, 1.54) is 0 Å². The quantitative estimate of drug-likeness (QED) is 0.698. The Balaban J connectivity index is 1.30. The van der Waals surface area contributed by atoms with Gasteiger partial charge in [0.1, 0.15) is 12.4 Å². The minimum absolute atomic E-state index is 0.00751. The molecule has 1 aliphatic heterocycles. The van der Waals surface area contributed by atoms with Gasteiger partial charge in [0.15, 0.2) is 0 Å². The van der Waals surface area contributed by atoms with Gasteiger partial charge in [0.25, 0.3) is 0 Å². The van der Waals surface area contributed by atoms with Gasteiger partial charge in [-0.05, 0) is 36.4 Å². The summed E-state index contributed by atoms with van der Waals surface area (Å²) in [6.45, 7) is 6.18. The summed E-state index contributed by atoms with van der Waals surface area (Å²) >= 11 is 11.9. The summed E-state index contributed by atoms with van der Waals surface area (Å²) < 4.78 is 5.76. The van der Waals surface area contributed by atoms with E-state index in [2.05, 4.69) is 15.1 Å². The number of carbonyl (C=O) groups excluding carboxylic acids is 1. The Kier molecular flexibility index (Phi) is 7.98.